The molecule has 0 fully saturated rings. The number of rotatable bonds is 6. The number of aryl methyl sites for hydroxylation is 2. The number of nitrogens with zero attached hydrogens (tertiary/aromatic N) is 1. The van der Waals surface area contributed by atoms with Crippen molar-refractivity contribution in [3.8, 4) is 11.1 Å². The third-order valence-electron chi connectivity index (χ3n) is 5.06. The van der Waals surface area contributed by atoms with Gasteiger partial charge in [0.2, 0.25) is 0 Å². The fourth-order valence-corrected chi connectivity index (χ4v) is 3.64. The molecule has 0 spiro atoms. The van der Waals surface area contributed by atoms with Crippen LogP contribution >= 0.6 is 0 Å². The predicted molar refractivity (Wildman–Crippen MR) is 122 cm³/mol. The van der Waals surface area contributed by atoms with Crippen molar-refractivity contribution in [3.63, 3.8) is 0 Å². The molecule has 0 amide bonds. The predicted octanol–water partition coefficient (Wildman–Crippen LogP) is 4.35. The van der Waals surface area contributed by atoms with Crippen molar-refractivity contribution in [2.24, 2.45) is 7.05 Å². The summed E-state index contributed by atoms with van der Waals surface area (Å²) in [5, 5.41) is 8.49. The van der Waals surface area contributed by atoms with Crippen LogP contribution in [-0.2, 0) is 23.0 Å². The molecule has 0 aliphatic rings. The molecule has 5 heteroatoms. The second-order valence-electron chi connectivity index (χ2n) is 7.47. The maximum absolute atomic E-state index is 13.0. The molecule has 30 heavy (non-hydrogen) atoms. The smallest absolute Gasteiger partial charge is 0.258 e. The van der Waals surface area contributed by atoms with Gasteiger partial charge in [-0.25, -0.2) is 0 Å². The van der Waals surface area contributed by atoms with Gasteiger partial charge in [-0.1, -0.05) is 48.9 Å². The first-order valence-corrected chi connectivity index (χ1v) is 10.1. The number of fused-ring (bicyclic) bond motifs is 1. The van der Waals surface area contributed by atoms with Gasteiger partial charge in [-0.15, -0.1) is 0 Å². The van der Waals surface area contributed by atoms with Crippen LogP contribution in [0.4, 0.5) is 0 Å². The first-order valence-electron chi connectivity index (χ1n) is 10.1. The van der Waals surface area contributed by atoms with E-state index in [4.69, 9.17) is 9.84 Å². The van der Waals surface area contributed by atoms with Gasteiger partial charge in [0.25, 0.3) is 5.56 Å². The van der Waals surface area contributed by atoms with Crippen LogP contribution in [0.3, 0.4) is 0 Å². The lowest BCUT2D eigenvalue weighted by Crippen LogP contribution is -2.26. The summed E-state index contributed by atoms with van der Waals surface area (Å²) in [5.74, 6) is 0. The van der Waals surface area contributed by atoms with Gasteiger partial charge in [0, 0.05) is 25.1 Å². The summed E-state index contributed by atoms with van der Waals surface area (Å²) in [6.45, 7) is 7.89. The van der Waals surface area contributed by atoms with Crippen molar-refractivity contribution in [2.45, 2.75) is 46.3 Å². The van der Waals surface area contributed by atoms with E-state index in [-0.39, 0.29) is 11.7 Å². The number of hydrogen-bond acceptors (Lipinski definition) is 4. The van der Waals surface area contributed by atoms with Gasteiger partial charge in [0.05, 0.1) is 11.8 Å². The quantitative estimate of drug-likeness (QED) is 0.615. The minimum absolute atomic E-state index is 0.127. The molecule has 0 aliphatic carbocycles. The van der Waals surface area contributed by atoms with Gasteiger partial charge < -0.3 is 19.2 Å². The van der Waals surface area contributed by atoms with E-state index in [1.807, 2.05) is 39.0 Å². The van der Waals surface area contributed by atoms with E-state index in [0.717, 1.165) is 41.9 Å². The molecule has 1 heterocycles. The number of carbonyl (C=O) groups is 1. The zero-order chi connectivity index (χ0) is 22.4. The molecule has 0 radical (unpaired) electrons. The summed E-state index contributed by atoms with van der Waals surface area (Å²) in [7, 11) is 2.71. The Labute approximate surface area is 177 Å². The summed E-state index contributed by atoms with van der Waals surface area (Å²) >= 11 is 0. The summed E-state index contributed by atoms with van der Waals surface area (Å²) < 4.78 is 7.44. The van der Waals surface area contributed by atoms with Gasteiger partial charge >= 0.3 is 0 Å². The Kier molecular flexibility index (Phi) is 8.09. The van der Waals surface area contributed by atoms with E-state index in [1.54, 1.807) is 11.6 Å². The van der Waals surface area contributed by atoms with Crippen LogP contribution in [0, 0.1) is 6.92 Å². The first kappa shape index (κ1) is 23.5. The highest BCUT2D eigenvalue weighted by Crippen LogP contribution is 2.35. The highest BCUT2D eigenvalue weighted by molar-refractivity contribution is 5.98. The Morgan fingerprint density at radius 3 is 2.23 bits per heavy atom. The Hall–Kier alpha value is -2.76. The standard InChI is InChI=1S/C24H27NO3.CH4O/c1-6-17-8-10-18(11-9-17)22-20-13-16(4)7-12-19(20)24(27)25(5)23(22)21(14-26)28-15(2)3;1-2/h7-15,21H,6H2,1-5H3;2H,1H3. The lowest BCUT2D eigenvalue weighted by Gasteiger charge is -2.23. The topological polar surface area (TPSA) is 68.5 Å². The maximum atomic E-state index is 13.0. The highest BCUT2D eigenvalue weighted by Gasteiger charge is 2.24. The van der Waals surface area contributed by atoms with E-state index in [0.29, 0.717) is 11.1 Å². The van der Waals surface area contributed by atoms with Crippen LogP contribution in [0.5, 0.6) is 0 Å². The molecule has 3 rings (SSSR count). The molecule has 1 aromatic heterocycles. The molecule has 0 aliphatic heterocycles. The van der Waals surface area contributed by atoms with Crippen LogP contribution in [0.2, 0.25) is 0 Å². The number of aromatic nitrogens is 1. The number of aliphatic hydroxyl groups excluding tert-OH is 1. The Bertz CT molecular complexity index is 1070. The molecule has 2 aromatic carbocycles. The first-order chi connectivity index (χ1) is 14.4. The van der Waals surface area contributed by atoms with E-state index >= 15 is 0 Å². The summed E-state index contributed by atoms with van der Waals surface area (Å²) in [5.41, 5.74) is 4.61. The van der Waals surface area contributed by atoms with Crippen molar-refractivity contribution in [3.05, 3.63) is 69.6 Å². The van der Waals surface area contributed by atoms with Crippen LogP contribution in [0.25, 0.3) is 21.9 Å². The lowest BCUT2D eigenvalue weighted by molar-refractivity contribution is -0.121. The number of hydrogen-bond donors (Lipinski definition) is 1. The third-order valence-corrected chi connectivity index (χ3v) is 5.06. The molecule has 1 atom stereocenters. The van der Waals surface area contributed by atoms with Crippen LogP contribution < -0.4 is 5.56 Å². The van der Waals surface area contributed by atoms with Gasteiger partial charge in [0.15, 0.2) is 12.4 Å². The van der Waals surface area contributed by atoms with Gasteiger partial charge in [-0.3, -0.25) is 4.79 Å². The minimum Gasteiger partial charge on any atom is -0.400 e. The van der Waals surface area contributed by atoms with Crippen molar-refractivity contribution < 1.29 is 14.6 Å². The Morgan fingerprint density at radius 1 is 1.07 bits per heavy atom. The molecular weight excluding hydrogens is 378 g/mol. The summed E-state index contributed by atoms with van der Waals surface area (Å²) in [6.07, 6.45) is 0.769. The molecule has 0 bridgehead atoms. The van der Waals surface area contributed by atoms with Crippen LogP contribution in [0.1, 0.15) is 43.7 Å². The highest BCUT2D eigenvalue weighted by atomic mass is 16.5. The molecule has 0 saturated heterocycles. The lowest BCUT2D eigenvalue weighted by atomic mass is 9.93. The van der Waals surface area contributed by atoms with Crippen molar-refractivity contribution in [1.82, 2.24) is 4.57 Å². The Balaban J connectivity index is 0.00000155. The number of ether oxygens (including phenoxy) is 1. The van der Waals surface area contributed by atoms with Crippen molar-refractivity contribution >= 4 is 17.1 Å². The fourth-order valence-electron chi connectivity index (χ4n) is 3.64. The van der Waals surface area contributed by atoms with E-state index in [2.05, 4.69) is 31.2 Å². The number of benzene rings is 2. The van der Waals surface area contributed by atoms with E-state index in [1.165, 1.54) is 5.56 Å². The van der Waals surface area contributed by atoms with Gasteiger partial charge in [-0.05, 0) is 49.8 Å². The average molecular weight is 410 g/mol. The normalized spacial score (nSPS) is 11.9. The second-order valence-corrected chi connectivity index (χ2v) is 7.47. The minimum atomic E-state index is -0.816. The molecule has 1 unspecified atom stereocenters. The van der Waals surface area contributed by atoms with Crippen LogP contribution in [-0.4, -0.2) is 29.2 Å². The summed E-state index contributed by atoms with van der Waals surface area (Å²) in [6, 6.07) is 14.1. The zero-order valence-corrected chi connectivity index (χ0v) is 18.6. The van der Waals surface area contributed by atoms with Gasteiger partial charge in [0.1, 0.15) is 0 Å². The van der Waals surface area contributed by atoms with Crippen molar-refractivity contribution in [2.75, 3.05) is 7.11 Å². The maximum Gasteiger partial charge on any atom is 0.258 e. The number of pyridine rings is 1. The van der Waals surface area contributed by atoms with Crippen LogP contribution in [0.15, 0.2) is 47.3 Å². The molecular formula is C25H31NO4. The number of aldehydes is 1. The monoisotopic (exact) mass is 409 g/mol. The molecule has 5 nitrogen and oxygen atoms in total. The zero-order valence-electron chi connectivity index (χ0n) is 18.6. The van der Waals surface area contributed by atoms with Gasteiger partial charge in [-0.2, -0.15) is 0 Å². The fraction of sp³-hybridized carbons (Fsp3) is 0.360. The Morgan fingerprint density at radius 2 is 1.70 bits per heavy atom. The molecule has 160 valence electrons. The summed E-state index contributed by atoms with van der Waals surface area (Å²) in [4.78, 5) is 25.0. The SMILES string of the molecule is CCc1ccc(-c2c(C(C=O)OC(C)C)n(C)c(=O)c3ccc(C)cc23)cc1.CO. The molecule has 0 saturated carbocycles. The second kappa shape index (κ2) is 10.3. The number of aliphatic hydroxyl groups is 1. The third kappa shape index (κ3) is 4.69. The van der Waals surface area contributed by atoms with E-state index < -0.39 is 6.10 Å². The average Bonchev–Trinajstić information content (AvgIpc) is 2.76. The molecule has 1 N–H and O–H groups in total. The van der Waals surface area contributed by atoms with E-state index in [9.17, 15) is 9.59 Å². The van der Waals surface area contributed by atoms with Crippen molar-refractivity contribution in [1.29, 1.82) is 0 Å². The molecule has 3 aromatic rings. The largest absolute Gasteiger partial charge is 0.400 e. The number of carbonyl (C=O) groups excluding carboxylic acids is 1.